The number of amides is 2. The Morgan fingerprint density at radius 2 is 2.03 bits per heavy atom. The summed E-state index contributed by atoms with van der Waals surface area (Å²) in [6.45, 7) is 6.14. The number of hydrogen-bond donors (Lipinski definition) is 2. The normalized spacial score (nSPS) is 14.6. The van der Waals surface area contributed by atoms with Gasteiger partial charge in [-0.1, -0.05) is 0 Å². The number of halogens is 1. The summed E-state index contributed by atoms with van der Waals surface area (Å²) in [4.78, 5) is 40.3. The van der Waals surface area contributed by atoms with E-state index in [0.717, 1.165) is 6.20 Å². The van der Waals surface area contributed by atoms with E-state index in [-0.39, 0.29) is 29.8 Å². The number of furan rings is 1. The maximum Gasteiger partial charge on any atom is 0.274 e. The lowest BCUT2D eigenvalue weighted by Gasteiger charge is -2.39. The summed E-state index contributed by atoms with van der Waals surface area (Å²) in [6.07, 6.45) is 2.71. The number of hydrogen-bond acceptors (Lipinski definition) is 8. The van der Waals surface area contributed by atoms with Crippen LogP contribution in [-0.2, 0) is 0 Å². The number of pyridine rings is 1. The fourth-order valence-corrected chi connectivity index (χ4v) is 4.83. The Balaban J connectivity index is 1.29. The minimum atomic E-state index is -0.432. The number of likely N-dealkylation sites (tertiary alicyclic amines) is 1. The van der Waals surface area contributed by atoms with Crippen LogP contribution in [0, 0.1) is 19.7 Å². The molecule has 0 bridgehead atoms. The maximum atomic E-state index is 13.6. The number of anilines is 1. The number of carbonyl (C=O) groups excluding carboxylic acids is 2. The second kappa shape index (κ2) is 9.06. The Morgan fingerprint density at radius 3 is 2.74 bits per heavy atom. The first kappa shape index (κ1) is 22.9. The third-order valence-electron chi connectivity index (χ3n) is 5.87. The third-order valence-corrected chi connectivity index (χ3v) is 6.78. The van der Waals surface area contributed by atoms with Gasteiger partial charge in [-0.05, 0) is 49.9 Å². The minimum Gasteiger partial charge on any atom is -0.466 e. The number of fused-ring (bicyclic) bond motifs is 1. The molecule has 0 spiro atoms. The van der Waals surface area contributed by atoms with Crippen molar-refractivity contribution in [1.29, 1.82) is 0 Å². The molecule has 1 fully saturated rings. The van der Waals surface area contributed by atoms with Crippen molar-refractivity contribution in [2.45, 2.75) is 32.9 Å². The molecule has 4 aromatic rings. The van der Waals surface area contributed by atoms with E-state index in [4.69, 9.17) is 4.42 Å². The van der Waals surface area contributed by atoms with E-state index in [0.29, 0.717) is 51.6 Å². The lowest BCUT2D eigenvalue weighted by molar-refractivity contribution is 0.0539. The predicted molar refractivity (Wildman–Crippen MR) is 129 cm³/mol. The quantitative estimate of drug-likeness (QED) is 0.418. The van der Waals surface area contributed by atoms with Gasteiger partial charge < -0.3 is 20.0 Å². The van der Waals surface area contributed by atoms with Gasteiger partial charge in [0.1, 0.15) is 17.3 Å². The molecule has 0 aliphatic carbocycles. The Bertz CT molecular complexity index is 1430. The second-order valence-electron chi connectivity index (χ2n) is 8.54. The van der Waals surface area contributed by atoms with Crippen molar-refractivity contribution in [3.8, 4) is 0 Å². The molecular weight excluding hydrogens is 471 g/mol. The number of aryl methyl sites for hydroxylation is 2. The zero-order valence-electron chi connectivity index (χ0n) is 19.3. The monoisotopic (exact) mass is 494 g/mol. The molecule has 0 saturated carbocycles. The number of nitrogens with zero attached hydrogens (tertiary/aromatic N) is 4. The predicted octanol–water partition coefficient (Wildman–Crippen LogP) is 3.86. The van der Waals surface area contributed by atoms with Crippen LogP contribution in [0.1, 0.15) is 50.9 Å². The van der Waals surface area contributed by atoms with E-state index < -0.39 is 5.82 Å². The molecule has 1 aliphatic heterocycles. The molecule has 9 nitrogen and oxygen atoms in total. The van der Waals surface area contributed by atoms with Crippen molar-refractivity contribution < 1.29 is 18.4 Å². The summed E-state index contributed by atoms with van der Waals surface area (Å²) in [5.74, 6) is 0.631. The van der Waals surface area contributed by atoms with Crippen LogP contribution in [0.2, 0.25) is 0 Å². The average molecular weight is 495 g/mol. The molecule has 2 N–H and O–H groups in total. The Hall–Kier alpha value is -3.86. The molecule has 35 heavy (non-hydrogen) atoms. The lowest BCUT2D eigenvalue weighted by Crippen LogP contribution is -2.61. The van der Waals surface area contributed by atoms with Gasteiger partial charge in [-0.2, -0.15) is 0 Å². The fourth-order valence-electron chi connectivity index (χ4n) is 4.02. The van der Waals surface area contributed by atoms with Crippen LogP contribution in [0.25, 0.3) is 10.2 Å². The SMILES string of the molecule is Cc1cc(C(=O)NC2CN(C(=O)c3nc(NC(C)c4cncc(F)c4)nc4ccsc34)C2)c(C)o1. The van der Waals surface area contributed by atoms with Crippen LogP contribution >= 0.6 is 11.3 Å². The van der Waals surface area contributed by atoms with Crippen molar-refractivity contribution in [1.82, 2.24) is 25.2 Å². The molecule has 5 rings (SSSR count). The van der Waals surface area contributed by atoms with Crippen molar-refractivity contribution >= 4 is 39.3 Å². The van der Waals surface area contributed by atoms with Crippen molar-refractivity contribution in [3.63, 3.8) is 0 Å². The summed E-state index contributed by atoms with van der Waals surface area (Å²) in [6, 6.07) is 4.44. The highest BCUT2D eigenvalue weighted by molar-refractivity contribution is 7.17. The zero-order chi connectivity index (χ0) is 24.7. The van der Waals surface area contributed by atoms with Gasteiger partial charge >= 0.3 is 0 Å². The van der Waals surface area contributed by atoms with Gasteiger partial charge in [0, 0.05) is 19.3 Å². The Morgan fingerprint density at radius 1 is 1.23 bits per heavy atom. The zero-order valence-corrected chi connectivity index (χ0v) is 20.1. The molecule has 180 valence electrons. The summed E-state index contributed by atoms with van der Waals surface area (Å²) < 4.78 is 19.7. The molecule has 0 radical (unpaired) electrons. The van der Waals surface area contributed by atoms with Gasteiger partial charge in [0.25, 0.3) is 11.8 Å². The smallest absolute Gasteiger partial charge is 0.274 e. The lowest BCUT2D eigenvalue weighted by atomic mass is 10.1. The molecule has 1 unspecified atom stereocenters. The molecule has 1 saturated heterocycles. The number of aromatic nitrogens is 3. The van der Waals surface area contributed by atoms with Crippen molar-refractivity contribution in [2.75, 3.05) is 18.4 Å². The standard InChI is InChI=1S/C24H23FN6O3S/c1-12-6-18(14(3)34-12)22(32)28-17-10-31(11-17)23(33)20-21-19(4-5-35-21)29-24(30-20)27-13(2)15-7-16(25)9-26-8-15/h4-9,13,17H,10-11H2,1-3H3,(H,28,32)(H,27,29,30). The van der Waals surface area contributed by atoms with E-state index >= 15 is 0 Å². The fraction of sp³-hybridized carbons (Fsp3) is 0.292. The van der Waals surface area contributed by atoms with Crippen molar-refractivity contribution in [2.24, 2.45) is 0 Å². The van der Waals surface area contributed by atoms with Crippen LogP contribution in [0.3, 0.4) is 0 Å². The Labute approximate surface area is 204 Å². The highest BCUT2D eigenvalue weighted by Crippen LogP contribution is 2.27. The van der Waals surface area contributed by atoms with Crippen molar-refractivity contribution in [3.05, 3.63) is 70.1 Å². The highest BCUT2D eigenvalue weighted by Gasteiger charge is 2.34. The molecular formula is C24H23FN6O3S. The van der Waals surface area contributed by atoms with Crippen LogP contribution < -0.4 is 10.6 Å². The second-order valence-corrected chi connectivity index (χ2v) is 9.46. The van der Waals surface area contributed by atoms with Crippen LogP contribution in [-0.4, -0.2) is 50.8 Å². The van der Waals surface area contributed by atoms with E-state index in [1.807, 2.05) is 18.4 Å². The van der Waals surface area contributed by atoms with E-state index in [9.17, 15) is 14.0 Å². The van der Waals surface area contributed by atoms with Gasteiger partial charge in [-0.25, -0.2) is 14.4 Å². The maximum absolute atomic E-state index is 13.6. The summed E-state index contributed by atoms with van der Waals surface area (Å²) >= 11 is 1.39. The van der Waals surface area contributed by atoms with Gasteiger partial charge in [0.05, 0.1) is 34.1 Å². The highest BCUT2D eigenvalue weighted by atomic mass is 32.1. The first-order valence-electron chi connectivity index (χ1n) is 11.1. The van der Waals surface area contributed by atoms with E-state index in [2.05, 4.69) is 25.6 Å². The van der Waals surface area contributed by atoms with Crippen LogP contribution in [0.5, 0.6) is 0 Å². The van der Waals surface area contributed by atoms with Gasteiger partial charge in [-0.3, -0.25) is 14.6 Å². The number of carbonyl (C=O) groups is 2. The Kier molecular flexibility index (Phi) is 5.93. The van der Waals surface area contributed by atoms with Gasteiger partial charge in [-0.15, -0.1) is 11.3 Å². The topological polar surface area (TPSA) is 113 Å². The number of rotatable bonds is 6. The van der Waals surface area contributed by atoms with E-state index in [1.165, 1.54) is 17.4 Å². The van der Waals surface area contributed by atoms with E-state index in [1.54, 1.807) is 31.0 Å². The summed E-state index contributed by atoms with van der Waals surface area (Å²) in [5.41, 5.74) is 2.08. The summed E-state index contributed by atoms with van der Waals surface area (Å²) in [5, 5.41) is 7.94. The molecule has 4 aromatic heterocycles. The summed E-state index contributed by atoms with van der Waals surface area (Å²) in [7, 11) is 0. The number of nitrogens with one attached hydrogen (secondary N) is 2. The number of thiophene rings is 1. The molecule has 1 aliphatic rings. The van der Waals surface area contributed by atoms with Gasteiger partial charge in [0.2, 0.25) is 5.95 Å². The molecule has 5 heterocycles. The molecule has 11 heteroatoms. The molecule has 1 atom stereocenters. The average Bonchev–Trinajstić information content (AvgIpc) is 3.40. The first-order valence-corrected chi connectivity index (χ1v) is 12.0. The first-order chi connectivity index (χ1) is 16.8. The van der Waals surface area contributed by atoms with Crippen LogP contribution in [0.4, 0.5) is 10.3 Å². The minimum absolute atomic E-state index is 0.153. The van der Waals surface area contributed by atoms with Crippen LogP contribution in [0.15, 0.2) is 40.4 Å². The van der Waals surface area contributed by atoms with Gasteiger partial charge in [0.15, 0.2) is 5.69 Å². The molecule has 0 aromatic carbocycles. The molecule has 2 amide bonds. The third kappa shape index (κ3) is 4.59. The largest absolute Gasteiger partial charge is 0.466 e.